The van der Waals surface area contributed by atoms with Crippen LogP contribution in [0.2, 0.25) is 0 Å². The van der Waals surface area contributed by atoms with Crippen LogP contribution in [0.1, 0.15) is 5.56 Å². The predicted octanol–water partition coefficient (Wildman–Crippen LogP) is 2.68. The zero-order chi connectivity index (χ0) is 14.7. The van der Waals surface area contributed by atoms with Gasteiger partial charge >= 0.3 is 5.69 Å². The minimum atomic E-state index is -0.543. The van der Waals surface area contributed by atoms with Crippen LogP contribution >= 0.6 is 0 Å². The van der Waals surface area contributed by atoms with Crippen LogP contribution in [0.4, 0.5) is 11.4 Å². The predicted molar refractivity (Wildman–Crippen MR) is 73.1 cm³/mol. The SMILES string of the molecule is COc1cc(N)ccc1Oc1ncc(C)cc1[N+](=O)[O-]. The monoisotopic (exact) mass is 275 g/mol. The van der Waals surface area contributed by atoms with E-state index >= 15 is 0 Å². The lowest BCUT2D eigenvalue weighted by Gasteiger charge is -2.10. The summed E-state index contributed by atoms with van der Waals surface area (Å²) >= 11 is 0. The lowest BCUT2D eigenvalue weighted by Crippen LogP contribution is -1.98. The Bertz CT molecular complexity index is 658. The lowest BCUT2D eigenvalue weighted by atomic mass is 10.2. The van der Waals surface area contributed by atoms with Crippen molar-refractivity contribution in [2.24, 2.45) is 0 Å². The van der Waals surface area contributed by atoms with Crippen LogP contribution in [0.15, 0.2) is 30.5 Å². The summed E-state index contributed by atoms with van der Waals surface area (Å²) in [6, 6.07) is 6.14. The van der Waals surface area contributed by atoms with Gasteiger partial charge in [0, 0.05) is 24.0 Å². The first-order chi connectivity index (χ1) is 9.51. The number of pyridine rings is 1. The largest absolute Gasteiger partial charge is 0.493 e. The van der Waals surface area contributed by atoms with Crippen LogP contribution in [-0.2, 0) is 0 Å². The Morgan fingerprint density at radius 2 is 2.05 bits per heavy atom. The normalized spacial score (nSPS) is 10.1. The van der Waals surface area contributed by atoms with E-state index in [1.165, 1.54) is 19.4 Å². The molecule has 2 rings (SSSR count). The van der Waals surface area contributed by atoms with Crippen molar-refractivity contribution in [1.82, 2.24) is 4.98 Å². The molecule has 0 spiro atoms. The van der Waals surface area contributed by atoms with E-state index in [-0.39, 0.29) is 11.6 Å². The molecule has 7 nitrogen and oxygen atoms in total. The lowest BCUT2D eigenvalue weighted by molar-refractivity contribution is -0.386. The van der Waals surface area contributed by atoms with Gasteiger partial charge < -0.3 is 15.2 Å². The van der Waals surface area contributed by atoms with Gasteiger partial charge in [-0.15, -0.1) is 0 Å². The molecule has 0 saturated heterocycles. The highest BCUT2D eigenvalue weighted by molar-refractivity contribution is 5.54. The quantitative estimate of drug-likeness (QED) is 0.523. The smallest absolute Gasteiger partial charge is 0.331 e. The van der Waals surface area contributed by atoms with Crippen LogP contribution in [0.3, 0.4) is 0 Å². The number of anilines is 1. The van der Waals surface area contributed by atoms with Crippen LogP contribution in [0, 0.1) is 17.0 Å². The number of aromatic nitrogens is 1. The van der Waals surface area contributed by atoms with Crippen LogP contribution < -0.4 is 15.2 Å². The van der Waals surface area contributed by atoms with Crippen molar-refractivity contribution in [1.29, 1.82) is 0 Å². The second-order valence-electron chi connectivity index (χ2n) is 4.11. The van der Waals surface area contributed by atoms with Crippen molar-refractivity contribution >= 4 is 11.4 Å². The average molecular weight is 275 g/mol. The molecule has 0 atom stereocenters. The molecule has 0 aliphatic heterocycles. The molecule has 0 amide bonds. The molecular weight excluding hydrogens is 262 g/mol. The van der Waals surface area contributed by atoms with Gasteiger partial charge in [0.25, 0.3) is 5.88 Å². The minimum Gasteiger partial charge on any atom is -0.493 e. The van der Waals surface area contributed by atoms with Crippen molar-refractivity contribution in [2.75, 3.05) is 12.8 Å². The first kappa shape index (κ1) is 13.6. The maximum absolute atomic E-state index is 11.0. The van der Waals surface area contributed by atoms with Gasteiger partial charge in [-0.25, -0.2) is 4.98 Å². The van der Waals surface area contributed by atoms with Crippen LogP contribution in [0.25, 0.3) is 0 Å². The Morgan fingerprint density at radius 3 is 2.70 bits per heavy atom. The summed E-state index contributed by atoms with van der Waals surface area (Å²) in [7, 11) is 1.46. The summed E-state index contributed by atoms with van der Waals surface area (Å²) in [6.45, 7) is 1.72. The van der Waals surface area contributed by atoms with Gasteiger partial charge in [0.1, 0.15) is 0 Å². The van der Waals surface area contributed by atoms with E-state index in [0.717, 1.165) is 0 Å². The number of hydrogen-bond donors (Lipinski definition) is 1. The van der Waals surface area contributed by atoms with Gasteiger partial charge in [-0.2, -0.15) is 0 Å². The van der Waals surface area contributed by atoms with Crippen LogP contribution in [-0.4, -0.2) is 17.0 Å². The molecule has 2 N–H and O–H groups in total. The minimum absolute atomic E-state index is 0.0938. The standard InChI is InChI=1S/C13H13N3O4/c1-8-5-10(16(17)18)13(15-7-8)20-11-4-3-9(14)6-12(11)19-2/h3-7H,14H2,1-2H3. The van der Waals surface area contributed by atoms with Crippen molar-refractivity contribution in [2.45, 2.75) is 6.92 Å². The Kier molecular flexibility index (Phi) is 3.69. The van der Waals surface area contributed by atoms with E-state index in [4.69, 9.17) is 15.2 Å². The van der Waals surface area contributed by atoms with Gasteiger partial charge in [-0.05, 0) is 24.6 Å². The fourth-order valence-corrected chi connectivity index (χ4v) is 1.62. The summed E-state index contributed by atoms with van der Waals surface area (Å²) in [5.74, 6) is 0.589. The number of ether oxygens (including phenoxy) is 2. The van der Waals surface area contributed by atoms with Gasteiger partial charge in [0.2, 0.25) is 0 Å². The number of aryl methyl sites for hydroxylation is 1. The Morgan fingerprint density at radius 1 is 1.30 bits per heavy atom. The molecule has 0 saturated carbocycles. The molecule has 20 heavy (non-hydrogen) atoms. The summed E-state index contributed by atoms with van der Waals surface area (Å²) in [5, 5.41) is 11.0. The Labute approximate surface area is 115 Å². The van der Waals surface area contributed by atoms with Gasteiger partial charge in [0.05, 0.1) is 12.0 Å². The van der Waals surface area contributed by atoms with E-state index in [0.29, 0.717) is 22.7 Å². The maximum Gasteiger partial charge on any atom is 0.331 e. The fraction of sp³-hybridized carbons (Fsp3) is 0.154. The number of benzene rings is 1. The van der Waals surface area contributed by atoms with E-state index in [1.54, 1.807) is 25.1 Å². The zero-order valence-electron chi connectivity index (χ0n) is 11.0. The number of nitrogen functional groups attached to an aromatic ring is 1. The van der Waals surface area contributed by atoms with Crippen molar-refractivity contribution in [3.05, 3.63) is 46.1 Å². The molecule has 0 unspecified atom stereocenters. The number of rotatable bonds is 4. The highest BCUT2D eigenvalue weighted by Crippen LogP contribution is 2.35. The molecule has 0 fully saturated rings. The van der Waals surface area contributed by atoms with Crippen LogP contribution in [0.5, 0.6) is 17.4 Å². The Hall–Kier alpha value is -2.83. The maximum atomic E-state index is 11.0. The molecule has 0 radical (unpaired) electrons. The number of methoxy groups -OCH3 is 1. The number of nitrogens with zero attached hydrogens (tertiary/aromatic N) is 2. The molecule has 0 bridgehead atoms. The molecule has 0 aliphatic carbocycles. The van der Waals surface area contributed by atoms with Crippen molar-refractivity contribution < 1.29 is 14.4 Å². The highest BCUT2D eigenvalue weighted by Gasteiger charge is 2.19. The summed E-state index contributed by atoms with van der Waals surface area (Å²) in [4.78, 5) is 14.4. The summed E-state index contributed by atoms with van der Waals surface area (Å²) < 4.78 is 10.6. The molecular formula is C13H13N3O4. The third kappa shape index (κ3) is 2.77. The number of nitrogens with two attached hydrogens (primary N) is 1. The van der Waals surface area contributed by atoms with E-state index in [2.05, 4.69) is 4.98 Å². The highest BCUT2D eigenvalue weighted by atomic mass is 16.6. The molecule has 0 aliphatic rings. The number of hydrogen-bond acceptors (Lipinski definition) is 6. The molecule has 7 heteroatoms. The van der Waals surface area contributed by atoms with Gasteiger partial charge in [-0.1, -0.05) is 0 Å². The summed E-state index contributed by atoms with van der Waals surface area (Å²) in [6.07, 6.45) is 1.49. The zero-order valence-corrected chi connectivity index (χ0v) is 11.0. The average Bonchev–Trinajstić information content (AvgIpc) is 2.42. The van der Waals surface area contributed by atoms with Crippen molar-refractivity contribution in [3.8, 4) is 17.4 Å². The topological polar surface area (TPSA) is 101 Å². The molecule has 1 aromatic heterocycles. The second kappa shape index (κ2) is 5.43. The van der Waals surface area contributed by atoms with E-state index in [9.17, 15) is 10.1 Å². The number of nitro groups is 1. The summed E-state index contributed by atoms with van der Waals surface area (Å²) in [5.41, 5.74) is 6.61. The van der Waals surface area contributed by atoms with E-state index < -0.39 is 4.92 Å². The molecule has 2 aromatic rings. The first-order valence-corrected chi connectivity index (χ1v) is 5.73. The third-order valence-electron chi connectivity index (χ3n) is 2.56. The van der Waals surface area contributed by atoms with Gasteiger partial charge in [-0.3, -0.25) is 10.1 Å². The molecule has 104 valence electrons. The van der Waals surface area contributed by atoms with Crippen molar-refractivity contribution in [3.63, 3.8) is 0 Å². The fourth-order valence-electron chi connectivity index (χ4n) is 1.62. The molecule has 1 heterocycles. The van der Waals surface area contributed by atoms with Gasteiger partial charge in [0.15, 0.2) is 11.5 Å². The Balaban J connectivity index is 2.42. The first-order valence-electron chi connectivity index (χ1n) is 5.73. The molecule has 1 aromatic carbocycles. The second-order valence-corrected chi connectivity index (χ2v) is 4.11. The van der Waals surface area contributed by atoms with E-state index in [1.807, 2.05) is 0 Å². The third-order valence-corrected chi connectivity index (χ3v) is 2.56.